The molecule has 6 nitrogen and oxygen atoms in total. The molecule has 4 rings (SSSR count). The van der Waals surface area contributed by atoms with Gasteiger partial charge in [0.2, 0.25) is 0 Å². The second kappa shape index (κ2) is 8.67. The van der Waals surface area contributed by atoms with Crippen molar-refractivity contribution in [2.75, 3.05) is 7.11 Å². The number of aromatic nitrogens is 1. The van der Waals surface area contributed by atoms with Crippen molar-refractivity contribution in [2.24, 2.45) is 5.73 Å². The molecule has 9 heteroatoms. The van der Waals surface area contributed by atoms with E-state index < -0.39 is 17.4 Å². The van der Waals surface area contributed by atoms with Gasteiger partial charge in [-0.1, -0.05) is 59.6 Å². The Morgan fingerprint density at radius 2 is 1.84 bits per heavy atom. The van der Waals surface area contributed by atoms with Gasteiger partial charge >= 0.3 is 5.97 Å². The molecule has 1 atom stereocenters. The molecule has 0 spiro atoms. The number of carbonyl (C=O) groups excluding carboxylic acids is 1. The summed E-state index contributed by atoms with van der Waals surface area (Å²) in [6, 6.07) is 16.0. The summed E-state index contributed by atoms with van der Waals surface area (Å²) in [7, 11) is 1.24. The molecule has 1 unspecified atom stereocenters. The van der Waals surface area contributed by atoms with E-state index in [1.54, 1.807) is 54.6 Å². The molecule has 160 valence electrons. The van der Waals surface area contributed by atoms with Crippen LogP contribution in [-0.4, -0.2) is 17.6 Å². The molecule has 1 aliphatic heterocycles. The van der Waals surface area contributed by atoms with Crippen LogP contribution in [0.15, 0.2) is 58.9 Å². The quantitative estimate of drug-likeness (QED) is 0.577. The molecule has 0 saturated heterocycles. The lowest BCUT2D eigenvalue weighted by Gasteiger charge is -2.25. The molecule has 1 aliphatic rings. The largest absolute Gasteiger partial charge is 0.466 e. The highest BCUT2D eigenvalue weighted by Gasteiger charge is 2.37. The zero-order chi connectivity index (χ0) is 23.0. The van der Waals surface area contributed by atoms with E-state index in [1.807, 2.05) is 0 Å². The van der Waals surface area contributed by atoms with Crippen molar-refractivity contribution < 1.29 is 9.53 Å². The van der Waals surface area contributed by atoms with Gasteiger partial charge in [-0.15, -0.1) is 11.3 Å². The summed E-state index contributed by atoms with van der Waals surface area (Å²) in [6.07, 6.45) is 1.62. The molecular formula is C23H15Cl2N3O3S. The first-order valence-corrected chi connectivity index (χ1v) is 10.9. The maximum absolute atomic E-state index is 13.3. The molecule has 2 aromatic carbocycles. The van der Waals surface area contributed by atoms with E-state index in [1.165, 1.54) is 11.7 Å². The second-order valence-corrected chi connectivity index (χ2v) is 8.69. The number of esters is 1. The zero-order valence-electron chi connectivity index (χ0n) is 16.6. The lowest BCUT2D eigenvalue weighted by molar-refractivity contribution is -0.134. The number of hydrogen-bond acceptors (Lipinski definition) is 6. The topological polar surface area (TPSA) is 98.1 Å². The predicted molar refractivity (Wildman–Crippen MR) is 125 cm³/mol. The maximum atomic E-state index is 13.3. The summed E-state index contributed by atoms with van der Waals surface area (Å²) in [5, 5.41) is 10.7. The number of benzene rings is 2. The van der Waals surface area contributed by atoms with Gasteiger partial charge in [0.1, 0.15) is 10.5 Å². The summed E-state index contributed by atoms with van der Waals surface area (Å²) in [4.78, 5) is 26.2. The molecule has 0 bridgehead atoms. The molecular weight excluding hydrogens is 469 g/mol. The number of nitriles is 1. The van der Waals surface area contributed by atoms with Crippen LogP contribution >= 0.6 is 34.5 Å². The molecule has 3 aromatic rings. The van der Waals surface area contributed by atoms with Crippen LogP contribution in [0.25, 0.3) is 17.5 Å². The second-order valence-electron chi connectivity index (χ2n) is 6.85. The third kappa shape index (κ3) is 3.53. The van der Waals surface area contributed by atoms with E-state index in [0.29, 0.717) is 25.7 Å². The first kappa shape index (κ1) is 21.9. The highest BCUT2D eigenvalue weighted by molar-refractivity contribution is 7.07. The van der Waals surface area contributed by atoms with Gasteiger partial charge in [-0.3, -0.25) is 9.36 Å². The van der Waals surface area contributed by atoms with Crippen LogP contribution in [0.4, 0.5) is 0 Å². The van der Waals surface area contributed by atoms with Gasteiger partial charge in [0, 0.05) is 10.0 Å². The number of ether oxygens (including phenoxy) is 1. The van der Waals surface area contributed by atoms with E-state index in [2.05, 4.69) is 6.07 Å². The number of fused-ring (bicyclic) bond motifs is 1. The summed E-state index contributed by atoms with van der Waals surface area (Å²) < 4.78 is 6.77. The molecule has 32 heavy (non-hydrogen) atoms. The molecule has 2 N–H and O–H groups in total. The van der Waals surface area contributed by atoms with Crippen LogP contribution in [0.5, 0.6) is 0 Å². The average Bonchev–Trinajstić information content (AvgIpc) is 3.11. The van der Waals surface area contributed by atoms with Crippen LogP contribution < -0.4 is 20.5 Å². The molecule has 1 aromatic heterocycles. The van der Waals surface area contributed by atoms with Crippen LogP contribution in [0.1, 0.15) is 17.0 Å². The third-order valence-corrected chi connectivity index (χ3v) is 6.88. The molecule has 0 saturated carbocycles. The lowest BCUT2D eigenvalue weighted by Crippen LogP contribution is -2.40. The lowest BCUT2D eigenvalue weighted by atomic mass is 9.84. The zero-order valence-corrected chi connectivity index (χ0v) is 19.0. The fraction of sp³-hybridized carbons (Fsp3) is 0.0870. The van der Waals surface area contributed by atoms with Gasteiger partial charge in [-0.2, -0.15) is 5.26 Å². The summed E-state index contributed by atoms with van der Waals surface area (Å²) in [5.74, 6) is -1.62. The van der Waals surface area contributed by atoms with Gasteiger partial charge in [0.05, 0.1) is 34.8 Å². The van der Waals surface area contributed by atoms with Gasteiger partial charge in [0.15, 0.2) is 0 Å². The van der Waals surface area contributed by atoms with E-state index in [-0.39, 0.29) is 21.6 Å². The number of halogens is 2. The van der Waals surface area contributed by atoms with Gasteiger partial charge in [-0.05, 0) is 29.3 Å². The number of thiazole rings is 1. The molecule has 0 fully saturated rings. The molecule has 2 heterocycles. The van der Waals surface area contributed by atoms with E-state index in [0.717, 1.165) is 11.3 Å². The number of nitrogens with zero attached hydrogens (tertiary/aromatic N) is 2. The minimum atomic E-state index is -0.882. The number of rotatable bonds is 3. The first-order chi connectivity index (χ1) is 15.4. The Bertz CT molecular complexity index is 1510. The van der Waals surface area contributed by atoms with Crippen LogP contribution in [0.2, 0.25) is 10.0 Å². The summed E-state index contributed by atoms with van der Waals surface area (Å²) >= 11 is 13.7. The van der Waals surface area contributed by atoms with Crippen molar-refractivity contribution in [2.45, 2.75) is 5.92 Å². The minimum absolute atomic E-state index is 0.0372. The number of allylic oxidation sites excluding steroid dienone is 1. The van der Waals surface area contributed by atoms with Gasteiger partial charge in [0.25, 0.3) is 5.56 Å². The van der Waals surface area contributed by atoms with E-state index in [4.69, 9.17) is 33.7 Å². The maximum Gasteiger partial charge on any atom is 0.337 e. The summed E-state index contributed by atoms with van der Waals surface area (Å²) in [5.41, 5.74) is 7.14. The van der Waals surface area contributed by atoms with Crippen LogP contribution in [0, 0.1) is 11.3 Å². The van der Waals surface area contributed by atoms with Crippen molar-refractivity contribution in [3.05, 3.63) is 94.8 Å². The van der Waals surface area contributed by atoms with Crippen molar-refractivity contribution in [1.29, 1.82) is 5.26 Å². The molecule has 0 amide bonds. The Morgan fingerprint density at radius 3 is 2.47 bits per heavy atom. The normalized spacial score (nSPS) is 16.0. The smallest absolute Gasteiger partial charge is 0.337 e. The van der Waals surface area contributed by atoms with E-state index >= 15 is 0 Å². The molecule has 0 aliphatic carbocycles. The SMILES string of the molecule is COC(=O)C1=c2s/c(=C/c3ccccc3Cl)c(=O)n2C(N)=C(C#N)C1c1ccccc1Cl. The fourth-order valence-corrected chi connectivity index (χ4v) is 5.20. The van der Waals surface area contributed by atoms with Gasteiger partial charge < -0.3 is 10.5 Å². The Hall–Kier alpha value is -3.31. The van der Waals surface area contributed by atoms with Crippen molar-refractivity contribution in [3.8, 4) is 6.07 Å². The predicted octanol–water partition coefficient (Wildman–Crippen LogP) is 2.82. The fourth-order valence-electron chi connectivity index (χ4n) is 3.61. The van der Waals surface area contributed by atoms with Crippen molar-refractivity contribution >= 4 is 58.0 Å². The molecule has 0 radical (unpaired) electrons. The number of carbonyl (C=O) groups is 1. The van der Waals surface area contributed by atoms with Crippen molar-refractivity contribution in [1.82, 2.24) is 4.57 Å². The minimum Gasteiger partial charge on any atom is -0.466 e. The number of nitrogens with two attached hydrogens (primary N) is 1. The van der Waals surface area contributed by atoms with Crippen LogP contribution in [0.3, 0.4) is 0 Å². The highest BCUT2D eigenvalue weighted by Crippen LogP contribution is 2.39. The van der Waals surface area contributed by atoms with Gasteiger partial charge in [-0.25, -0.2) is 4.79 Å². The third-order valence-electron chi connectivity index (χ3n) is 5.08. The highest BCUT2D eigenvalue weighted by atomic mass is 35.5. The Labute approximate surface area is 196 Å². The number of hydrogen-bond donors (Lipinski definition) is 1. The standard InChI is InChI=1S/C23H15Cl2N3O3S/c1-31-23(30)19-18(13-7-3-5-9-16(13)25)14(11-26)20(27)28-21(29)17(32-22(19)28)10-12-6-2-4-8-15(12)24/h2-10,18H,27H2,1H3/b17-10+. The monoisotopic (exact) mass is 483 g/mol. The Kier molecular flexibility index (Phi) is 5.94. The first-order valence-electron chi connectivity index (χ1n) is 9.34. The Morgan fingerprint density at radius 1 is 1.19 bits per heavy atom. The number of methoxy groups -OCH3 is 1. The van der Waals surface area contributed by atoms with E-state index in [9.17, 15) is 14.9 Å². The van der Waals surface area contributed by atoms with Crippen LogP contribution in [-0.2, 0) is 9.53 Å². The summed E-state index contributed by atoms with van der Waals surface area (Å²) in [6.45, 7) is 0. The average molecular weight is 484 g/mol. The Balaban J connectivity index is 2.15. The van der Waals surface area contributed by atoms with Crippen molar-refractivity contribution in [3.63, 3.8) is 0 Å².